The third-order valence-electron chi connectivity index (χ3n) is 6.25. The zero-order valence-corrected chi connectivity index (χ0v) is 17.5. The second kappa shape index (κ2) is 8.07. The molecule has 4 rings (SSSR count). The summed E-state index contributed by atoms with van der Waals surface area (Å²) in [5.41, 5.74) is 6.14. The molecule has 7 heteroatoms. The van der Waals surface area contributed by atoms with E-state index in [0.717, 1.165) is 36.2 Å². The van der Waals surface area contributed by atoms with Crippen molar-refractivity contribution in [3.05, 3.63) is 52.1 Å². The SMILES string of the molecule is CN[C@@H](C)C(=O)NCC1CCc2c([nH]c(C=C3C(=O)Nc4ccc(F)cc43)c2C)C1. The average Bonchev–Trinajstić information content (AvgIpc) is 3.21. The van der Waals surface area contributed by atoms with Crippen LogP contribution in [0, 0.1) is 18.7 Å². The number of rotatable bonds is 5. The monoisotopic (exact) mass is 410 g/mol. The van der Waals surface area contributed by atoms with E-state index in [1.54, 1.807) is 13.1 Å². The molecule has 6 nitrogen and oxygen atoms in total. The fourth-order valence-electron chi connectivity index (χ4n) is 4.27. The fourth-order valence-corrected chi connectivity index (χ4v) is 4.27. The van der Waals surface area contributed by atoms with Gasteiger partial charge in [0.2, 0.25) is 5.91 Å². The topological polar surface area (TPSA) is 86.0 Å². The first kappa shape index (κ1) is 20.3. The van der Waals surface area contributed by atoms with Crippen LogP contribution in [0.1, 0.15) is 41.4 Å². The number of anilines is 1. The van der Waals surface area contributed by atoms with E-state index in [4.69, 9.17) is 0 Å². The minimum Gasteiger partial charge on any atom is -0.358 e. The van der Waals surface area contributed by atoms with E-state index in [1.807, 2.05) is 13.0 Å². The number of hydrogen-bond donors (Lipinski definition) is 4. The summed E-state index contributed by atoms with van der Waals surface area (Å²) in [5, 5.41) is 8.76. The molecular weight excluding hydrogens is 383 g/mol. The number of nitrogens with one attached hydrogen (secondary N) is 4. The van der Waals surface area contributed by atoms with Gasteiger partial charge in [0.25, 0.3) is 5.91 Å². The lowest BCUT2D eigenvalue weighted by atomic mass is 9.86. The highest BCUT2D eigenvalue weighted by Gasteiger charge is 2.27. The Bertz CT molecular complexity index is 1040. The van der Waals surface area contributed by atoms with E-state index in [9.17, 15) is 14.0 Å². The normalized spacial score (nSPS) is 19.9. The van der Waals surface area contributed by atoms with Crippen molar-refractivity contribution in [3.63, 3.8) is 0 Å². The van der Waals surface area contributed by atoms with E-state index >= 15 is 0 Å². The van der Waals surface area contributed by atoms with Gasteiger partial charge in [-0.1, -0.05) is 0 Å². The van der Waals surface area contributed by atoms with Crippen LogP contribution in [-0.4, -0.2) is 36.4 Å². The van der Waals surface area contributed by atoms with Crippen molar-refractivity contribution in [2.45, 2.75) is 39.2 Å². The Labute approximate surface area is 175 Å². The number of aromatic amines is 1. The Morgan fingerprint density at radius 1 is 1.40 bits per heavy atom. The molecule has 1 aromatic carbocycles. The Hall–Kier alpha value is -2.93. The molecule has 0 radical (unpaired) electrons. The molecule has 2 heterocycles. The summed E-state index contributed by atoms with van der Waals surface area (Å²) < 4.78 is 13.7. The number of halogens is 1. The van der Waals surface area contributed by atoms with Crippen molar-refractivity contribution in [1.29, 1.82) is 0 Å². The molecule has 2 aliphatic rings. The number of carbonyl (C=O) groups is 2. The molecule has 2 aromatic rings. The number of carbonyl (C=O) groups excluding carboxylic acids is 2. The van der Waals surface area contributed by atoms with Gasteiger partial charge in [-0.3, -0.25) is 9.59 Å². The van der Waals surface area contributed by atoms with Gasteiger partial charge >= 0.3 is 0 Å². The van der Waals surface area contributed by atoms with Crippen LogP contribution in [0.4, 0.5) is 10.1 Å². The molecule has 2 atom stereocenters. The van der Waals surface area contributed by atoms with Gasteiger partial charge in [-0.15, -0.1) is 0 Å². The standard InChI is InChI=1S/C23H27FN4O2/c1-12-16-6-4-14(11-26-22(29)13(2)25-3)8-21(16)27-20(12)10-18-17-9-15(24)5-7-19(17)28-23(18)30/h5,7,9-10,13-14,25,27H,4,6,8,11H2,1-3H3,(H,26,29)(H,28,30)/t13-,14?/m0/s1. The third-order valence-corrected chi connectivity index (χ3v) is 6.25. The van der Waals surface area contributed by atoms with E-state index in [2.05, 4.69) is 27.9 Å². The zero-order valence-electron chi connectivity index (χ0n) is 17.5. The van der Waals surface area contributed by atoms with E-state index in [1.165, 1.54) is 17.7 Å². The summed E-state index contributed by atoms with van der Waals surface area (Å²) in [6, 6.07) is 4.11. The largest absolute Gasteiger partial charge is 0.358 e. The molecule has 1 aliphatic carbocycles. The van der Waals surface area contributed by atoms with Crippen LogP contribution in [0.15, 0.2) is 18.2 Å². The summed E-state index contributed by atoms with van der Waals surface area (Å²) >= 11 is 0. The van der Waals surface area contributed by atoms with Crippen molar-refractivity contribution in [1.82, 2.24) is 15.6 Å². The summed E-state index contributed by atoms with van der Waals surface area (Å²) in [6.07, 6.45) is 4.61. The molecule has 1 aromatic heterocycles. The highest BCUT2D eigenvalue weighted by Crippen LogP contribution is 2.36. The number of hydrogen-bond acceptors (Lipinski definition) is 3. The number of aromatic nitrogens is 1. The maximum Gasteiger partial charge on any atom is 0.256 e. The quantitative estimate of drug-likeness (QED) is 0.572. The molecule has 158 valence electrons. The molecule has 0 bridgehead atoms. The number of fused-ring (bicyclic) bond motifs is 2. The summed E-state index contributed by atoms with van der Waals surface area (Å²) in [4.78, 5) is 27.9. The highest BCUT2D eigenvalue weighted by atomic mass is 19.1. The summed E-state index contributed by atoms with van der Waals surface area (Å²) in [5.74, 6) is -0.207. The van der Waals surface area contributed by atoms with Gasteiger partial charge in [0, 0.05) is 29.2 Å². The Balaban J connectivity index is 1.53. The second-order valence-electron chi connectivity index (χ2n) is 8.19. The van der Waals surface area contributed by atoms with Gasteiger partial charge in [0.15, 0.2) is 0 Å². The molecule has 0 spiro atoms. The van der Waals surface area contributed by atoms with Crippen molar-refractivity contribution >= 4 is 29.2 Å². The van der Waals surface area contributed by atoms with Crippen molar-refractivity contribution in [3.8, 4) is 0 Å². The van der Waals surface area contributed by atoms with Crippen LogP contribution in [0.3, 0.4) is 0 Å². The molecule has 0 saturated heterocycles. The van der Waals surface area contributed by atoms with Crippen LogP contribution in [-0.2, 0) is 22.4 Å². The lowest BCUT2D eigenvalue weighted by molar-refractivity contribution is -0.122. The minimum absolute atomic E-state index is 0.00882. The maximum atomic E-state index is 13.7. The molecule has 1 unspecified atom stereocenters. The molecular formula is C23H27FN4O2. The number of benzene rings is 1. The van der Waals surface area contributed by atoms with Crippen LogP contribution >= 0.6 is 0 Å². The van der Waals surface area contributed by atoms with E-state index < -0.39 is 0 Å². The van der Waals surface area contributed by atoms with Crippen LogP contribution in [0.2, 0.25) is 0 Å². The first-order chi connectivity index (χ1) is 14.4. The van der Waals surface area contributed by atoms with Crippen LogP contribution < -0.4 is 16.0 Å². The Kier molecular flexibility index (Phi) is 5.47. The van der Waals surface area contributed by atoms with Gasteiger partial charge < -0.3 is 20.9 Å². The number of likely N-dealkylation sites (N-methyl/N-ethyl adjacent to an activating group) is 1. The fraction of sp³-hybridized carbons (Fsp3) is 0.391. The minimum atomic E-state index is -0.365. The van der Waals surface area contributed by atoms with Gasteiger partial charge in [0.1, 0.15) is 5.82 Å². The number of amides is 2. The van der Waals surface area contributed by atoms with Crippen molar-refractivity contribution < 1.29 is 14.0 Å². The highest BCUT2D eigenvalue weighted by molar-refractivity contribution is 6.34. The van der Waals surface area contributed by atoms with Crippen LogP contribution in [0.25, 0.3) is 11.6 Å². The summed E-state index contributed by atoms with van der Waals surface area (Å²) in [7, 11) is 1.77. The smallest absolute Gasteiger partial charge is 0.256 e. The Morgan fingerprint density at radius 2 is 2.20 bits per heavy atom. The van der Waals surface area contributed by atoms with Gasteiger partial charge in [0.05, 0.1) is 11.6 Å². The first-order valence-corrected chi connectivity index (χ1v) is 10.4. The first-order valence-electron chi connectivity index (χ1n) is 10.4. The van der Waals surface area contributed by atoms with Gasteiger partial charge in [-0.05, 0) is 81.5 Å². The lowest BCUT2D eigenvalue weighted by Crippen LogP contribution is -2.42. The maximum absolute atomic E-state index is 13.7. The van der Waals surface area contributed by atoms with Crippen molar-refractivity contribution in [2.24, 2.45) is 5.92 Å². The van der Waals surface area contributed by atoms with Crippen molar-refractivity contribution in [2.75, 3.05) is 18.9 Å². The molecule has 2 amide bonds. The molecule has 30 heavy (non-hydrogen) atoms. The lowest BCUT2D eigenvalue weighted by Gasteiger charge is -2.23. The molecule has 4 N–H and O–H groups in total. The van der Waals surface area contributed by atoms with Gasteiger partial charge in [-0.25, -0.2) is 4.39 Å². The second-order valence-corrected chi connectivity index (χ2v) is 8.19. The molecule has 0 saturated carbocycles. The van der Waals surface area contributed by atoms with Crippen LogP contribution in [0.5, 0.6) is 0 Å². The summed E-state index contributed by atoms with van der Waals surface area (Å²) in [6.45, 7) is 4.54. The average molecular weight is 410 g/mol. The van der Waals surface area contributed by atoms with E-state index in [-0.39, 0.29) is 23.7 Å². The predicted molar refractivity (Wildman–Crippen MR) is 115 cm³/mol. The zero-order chi connectivity index (χ0) is 21.4. The third kappa shape index (κ3) is 3.77. The van der Waals surface area contributed by atoms with Gasteiger partial charge in [-0.2, -0.15) is 0 Å². The predicted octanol–water partition coefficient (Wildman–Crippen LogP) is 2.78. The Morgan fingerprint density at radius 3 is 2.97 bits per heavy atom. The number of H-pyrrole nitrogens is 1. The van der Waals surface area contributed by atoms with E-state index in [0.29, 0.717) is 29.3 Å². The molecule has 0 fully saturated rings. The molecule has 1 aliphatic heterocycles.